The predicted molar refractivity (Wildman–Crippen MR) is 82.3 cm³/mol. The van der Waals surface area contributed by atoms with E-state index in [-0.39, 0.29) is 5.97 Å². The molecule has 2 aliphatic heterocycles. The fourth-order valence-electron chi connectivity index (χ4n) is 3.98. The number of carbonyl (C=O) groups excluding carboxylic acids is 1. The van der Waals surface area contributed by atoms with Crippen molar-refractivity contribution in [2.75, 3.05) is 6.61 Å². The van der Waals surface area contributed by atoms with Gasteiger partial charge in [-0.2, -0.15) is 0 Å². The standard InChI is InChI=1S/C19H18O3/c20-17-11-12-19(22-17)18(13-14-21-19,15-7-3-1-4-8-15)16-9-5-2-6-10-16/h1-10H,11-14H2/t19-/m0/s1. The molecule has 2 aliphatic rings. The fraction of sp³-hybridized carbons (Fsp3) is 0.316. The number of benzene rings is 2. The summed E-state index contributed by atoms with van der Waals surface area (Å²) >= 11 is 0. The summed E-state index contributed by atoms with van der Waals surface area (Å²) < 4.78 is 11.8. The molecule has 2 saturated heterocycles. The van der Waals surface area contributed by atoms with Crippen LogP contribution in [0.3, 0.4) is 0 Å². The van der Waals surface area contributed by atoms with Crippen molar-refractivity contribution in [1.82, 2.24) is 0 Å². The average Bonchev–Trinajstić information content (AvgIpc) is 3.14. The van der Waals surface area contributed by atoms with Gasteiger partial charge in [0.25, 0.3) is 0 Å². The van der Waals surface area contributed by atoms with Crippen LogP contribution in [0.2, 0.25) is 0 Å². The molecule has 3 nitrogen and oxygen atoms in total. The van der Waals surface area contributed by atoms with Crippen molar-refractivity contribution >= 4 is 5.97 Å². The van der Waals surface area contributed by atoms with Gasteiger partial charge >= 0.3 is 5.97 Å². The van der Waals surface area contributed by atoms with E-state index in [1.165, 1.54) is 0 Å². The number of hydrogen-bond acceptors (Lipinski definition) is 3. The van der Waals surface area contributed by atoms with Crippen LogP contribution >= 0.6 is 0 Å². The van der Waals surface area contributed by atoms with Crippen LogP contribution in [0.25, 0.3) is 0 Å². The highest BCUT2D eigenvalue weighted by molar-refractivity contribution is 5.73. The Balaban J connectivity index is 1.95. The third-order valence-corrected chi connectivity index (χ3v) is 4.93. The first-order valence-corrected chi connectivity index (χ1v) is 7.74. The minimum Gasteiger partial charge on any atom is -0.432 e. The van der Waals surface area contributed by atoms with Gasteiger partial charge in [-0.25, -0.2) is 0 Å². The van der Waals surface area contributed by atoms with Crippen LogP contribution in [-0.2, 0) is 19.7 Å². The summed E-state index contributed by atoms with van der Waals surface area (Å²) in [6, 6.07) is 20.6. The lowest BCUT2D eigenvalue weighted by Gasteiger charge is -2.41. The summed E-state index contributed by atoms with van der Waals surface area (Å²) in [4.78, 5) is 11.9. The first kappa shape index (κ1) is 13.5. The maximum atomic E-state index is 11.9. The van der Waals surface area contributed by atoms with Crippen LogP contribution in [0.1, 0.15) is 30.4 Å². The fourth-order valence-corrected chi connectivity index (χ4v) is 3.98. The largest absolute Gasteiger partial charge is 0.432 e. The second-order valence-corrected chi connectivity index (χ2v) is 5.96. The third-order valence-electron chi connectivity index (χ3n) is 4.93. The van der Waals surface area contributed by atoms with Crippen molar-refractivity contribution in [2.45, 2.75) is 30.5 Å². The van der Waals surface area contributed by atoms with E-state index in [1.807, 2.05) is 36.4 Å². The Morgan fingerprint density at radius 1 is 0.818 bits per heavy atom. The summed E-state index contributed by atoms with van der Waals surface area (Å²) in [5.74, 6) is -1.04. The zero-order valence-corrected chi connectivity index (χ0v) is 12.3. The Labute approximate surface area is 129 Å². The van der Waals surface area contributed by atoms with Gasteiger partial charge in [0.05, 0.1) is 18.4 Å². The Kier molecular flexibility index (Phi) is 3.05. The number of ether oxygens (including phenoxy) is 2. The first-order chi connectivity index (χ1) is 10.8. The summed E-state index contributed by atoms with van der Waals surface area (Å²) in [5.41, 5.74) is 1.86. The molecule has 2 fully saturated rings. The molecule has 3 heteroatoms. The molecule has 112 valence electrons. The zero-order valence-electron chi connectivity index (χ0n) is 12.3. The molecular formula is C19H18O3. The molecule has 1 spiro atoms. The smallest absolute Gasteiger partial charge is 0.308 e. The summed E-state index contributed by atoms with van der Waals surface area (Å²) in [6.45, 7) is 0.594. The lowest BCUT2D eigenvalue weighted by Crippen LogP contribution is -2.49. The molecule has 0 aromatic heterocycles. The topological polar surface area (TPSA) is 35.5 Å². The normalized spacial score (nSPS) is 26.3. The molecule has 0 radical (unpaired) electrons. The number of carbonyl (C=O) groups is 1. The third kappa shape index (κ3) is 1.75. The lowest BCUT2D eigenvalue weighted by atomic mass is 9.67. The molecular weight excluding hydrogens is 276 g/mol. The van der Waals surface area contributed by atoms with E-state index in [9.17, 15) is 4.79 Å². The second-order valence-electron chi connectivity index (χ2n) is 5.96. The van der Waals surface area contributed by atoms with Crippen LogP contribution in [-0.4, -0.2) is 18.4 Å². The summed E-state index contributed by atoms with van der Waals surface area (Å²) in [7, 11) is 0. The summed E-state index contributed by atoms with van der Waals surface area (Å²) in [6.07, 6.45) is 1.84. The minimum absolute atomic E-state index is 0.168. The monoisotopic (exact) mass is 294 g/mol. The molecule has 2 aromatic rings. The molecule has 0 unspecified atom stereocenters. The van der Waals surface area contributed by atoms with E-state index < -0.39 is 11.2 Å². The van der Waals surface area contributed by atoms with Crippen LogP contribution in [0, 0.1) is 0 Å². The number of esters is 1. The highest BCUT2D eigenvalue weighted by Crippen LogP contribution is 2.55. The van der Waals surface area contributed by atoms with Crippen molar-refractivity contribution in [1.29, 1.82) is 0 Å². The van der Waals surface area contributed by atoms with Gasteiger partial charge in [0.15, 0.2) is 0 Å². The highest BCUT2D eigenvalue weighted by Gasteiger charge is 2.63. The van der Waals surface area contributed by atoms with Crippen molar-refractivity contribution in [2.24, 2.45) is 0 Å². The van der Waals surface area contributed by atoms with Crippen LogP contribution < -0.4 is 0 Å². The minimum atomic E-state index is -0.868. The maximum Gasteiger partial charge on any atom is 0.308 e. The Bertz CT molecular complexity index is 641. The van der Waals surface area contributed by atoms with Crippen LogP contribution in [0.5, 0.6) is 0 Å². The Hall–Kier alpha value is -2.13. The van der Waals surface area contributed by atoms with Crippen LogP contribution in [0.15, 0.2) is 60.7 Å². The molecule has 22 heavy (non-hydrogen) atoms. The molecule has 4 rings (SSSR count). The van der Waals surface area contributed by atoms with Crippen molar-refractivity contribution in [3.05, 3.63) is 71.8 Å². The number of hydrogen-bond donors (Lipinski definition) is 0. The van der Waals surface area contributed by atoms with E-state index >= 15 is 0 Å². The lowest BCUT2D eigenvalue weighted by molar-refractivity contribution is -0.208. The highest BCUT2D eigenvalue weighted by atomic mass is 16.7. The van der Waals surface area contributed by atoms with E-state index in [0.29, 0.717) is 19.4 Å². The van der Waals surface area contributed by atoms with Gasteiger partial charge in [0, 0.05) is 6.42 Å². The molecule has 0 aliphatic carbocycles. The molecule has 2 heterocycles. The molecule has 0 bridgehead atoms. The average molecular weight is 294 g/mol. The van der Waals surface area contributed by atoms with Crippen LogP contribution in [0.4, 0.5) is 0 Å². The van der Waals surface area contributed by atoms with Crippen molar-refractivity contribution < 1.29 is 14.3 Å². The van der Waals surface area contributed by atoms with Gasteiger partial charge in [0.2, 0.25) is 5.79 Å². The quantitative estimate of drug-likeness (QED) is 0.796. The Morgan fingerprint density at radius 2 is 1.41 bits per heavy atom. The van der Waals surface area contributed by atoms with Crippen molar-refractivity contribution in [3.8, 4) is 0 Å². The second kappa shape index (κ2) is 4.96. The van der Waals surface area contributed by atoms with Gasteiger partial charge in [0.1, 0.15) is 0 Å². The molecule has 1 atom stereocenters. The number of rotatable bonds is 2. The molecule has 0 amide bonds. The maximum absolute atomic E-state index is 11.9. The molecule has 0 saturated carbocycles. The Morgan fingerprint density at radius 3 is 1.91 bits per heavy atom. The van der Waals surface area contributed by atoms with Crippen molar-refractivity contribution in [3.63, 3.8) is 0 Å². The SMILES string of the molecule is O=C1CC[C@]2(OCCC2(c2ccccc2)c2ccccc2)O1. The van der Waals surface area contributed by atoms with E-state index in [1.54, 1.807) is 0 Å². The van der Waals surface area contributed by atoms with E-state index in [2.05, 4.69) is 24.3 Å². The first-order valence-electron chi connectivity index (χ1n) is 7.74. The van der Waals surface area contributed by atoms with E-state index in [0.717, 1.165) is 17.5 Å². The summed E-state index contributed by atoms with van der Waals surface area (Å²) in [5, 5.41) is 0. The van der Waals surface area contributed by atoms with Gasteiger partial charge in [-0.3, -0.25) is 4.79 Å². The van der Waals surface area contributed by atoms with Gasteiger partial charge in [-0.15, -0.1) is 0 Å². The molecule has 2 aromatic carbocycles. The predicted octanol–water partition coefficient (Wildman–Crippen LogP) is 3.43. The zero-order chi connectivity index (χ0) is 15.0. The van der Waals surface area contributed by atoms with Gasteiger partial charge in [-0.1, -0.05) is 60.7 Å². The van der Waals surface area contributed by atoms with E-state index in [4.69, 9.17) is 9.47 Å². The van der Waals surface area contributed by atoms with Gasteiger partial charge in [-0.05, 0) is 17.5 Å². The molecule has 0 N–H and O–H groups in total. The van der Waals surface area contributed by atoms with Gasteiger partial charge < -0.3 is 9.47 Å².